The van der Waals surface area contributed by atoms with Crippen molar-refractivity contribution in [1.29, 1.82) is 0 Å². The average molecular weight is 861 g/mol. The standard InChI is InChI=1S/C55H104O6/c1-4-7-10-13-16-19-22-25-27-30-33-36-39-42-45-48-54(57)60-51-52(50-59-53(56)47-44-41-38-35-32-29-24-21-18-15-12-9-6-3)61-55(58)49-46-43-40-37-34-31-28-26-23-20-17-14-11-8-5-2/h29,32,52H,4-28,30-31,33-51H2,1-3H3/b32-29-. The van der Waals surface area contributed by atoms with Gasteiger partial charge in [0.25, 0.3) is 0 Å². The smallest absolute Gasteiger partial charge is 0.306 e. The van der Waals surface area contributed by atoms with Crippen LogP contribution in [-0.2, 0) is 28.6 Å². The fourth-order valence-electron chi connectivity index (χ4n) is 8.14. The van der Waals surface area contributed by atoms with Crippen molar-refractivity contribution >= 4 is 17.9 Å². The van der Waals surface area contributed by atoms with Crippen LogP contribution in [0.1, 0.15) is 303 Å². The number of rotatable bonds is 50. The molecule has 0 rings (SSSR count). The highest BCUT2D eigenvalue weighted by Crippen LogP contribution is 2.17. The summed E-state index contributed by atoms with van der Waals surface area (Å²) in [6.07, 6.45) is 56.2. The molecule has 0 aromatic rings. The molecule has 6 nitrogen and oxygen atoms in total. The predicted octanol–water partition coefficient (Wildman–Crippen LogP) is 17.8. The zero-order valence-corrected chi connectivity index (χ0v) is 41.2. The molecule has 0 amide bonds. The van der Waals surface area contributed by atoms with Gasteiger partial charge < -0.3 is 14.2 Å². The van der Waals surface area contributed by atoms with Crippen molar-refractivity contribution in [3.05, 3.63) is 12.2 Å². The second kappa shape index (κ2) is 50.8. The summed E-state index contributed by atoms with van der Waals surface area (Å²) in [5.74, 6) is -0.865. The summed E-state index contributed by atoms with van der Waals surface area (Å²) in [7, 11) is 0. The minimum atomic E-state index is -0.769. The maximum Gasteiger partial charge on any atom is 0.306 e. The number of carbonyl (C=O) groups is 3. The first-order valence-corrected chi connectivity index (χ1v) is 27.2. The maximum atomic E-state index is 12.8. The molecule has 6 heteroatoms. The van der Waals surface area contributed by atoms with Crippen LogP contribution in [0.2, 0.25) is 0 Å². The van der Waals surface area contributed by atoms with E-state index in [2.05, 4.69) is 32.9 Å². The molecule has 360 valence electrons. The fourth-order valence-corrected chi connectivity index (χ4v) is 8.14. The van der Waals surface area contributed by atoms with Crippen molar-refractivity contribution in [2.75, 3.05) is 13.2 Å². The molecule has 0 aliphatic carbocycles. The lowest BCUT2D eigenvalue weighted by molar-refractivity contribution is -0.167. The van der Waals surface area contributed by atoms with Gasteiger partial charge in [0.2, 0.25) is 0 Å². The summed E-state index contributed by atoms with van der Waals surface area (Å²) < 4.78 is 16.8. The van der Waals surface area contributed by atoms with Crippen LogP contribution in [0.5, 0.6) is 0 Å². The molecule has 0 aromatic heterocycles. The summed E-state index contributed by atoms with van der Waals surface area (Å²) in [6.45, 7) is 6.66. The lowest BCUT2D eigenvalue weighted by Crippen LogP contribution is -2.30. The van der Waals surface area contributed by atoms with E-state index in [0.717, 1.165) is 64.2 Å². The Morgan fingerprint density at radius 1 is 0.311 bits per heavy atom. The molecule has 0 spiro atoms. The summed E-state index contributed by atoms with van der Waals surface area (Å²) in [4.78, 5) is 38.0. The Bertz CT molecular complexity index is 947. The van der Waals surface area contributed by atoms with E-state index in [1.165, 1.54) is 199 Å². The molecule has 0 saturated carbocycles. The molecule has 0 radical (unpaired) electrons. The third-order valence-corrected chi connectivity index (χ3v) is 12.3. The van der Waals surface area contributed by atoms with Gasteiger partial charge in [-0.1, -0.05) is 251 Å². The zero-order chi connectivity index (χ0) is 44.4. The normalized spacial score (nSPS) is 12.0. The van der Waals surface area contributed by atoms with Crippen LogP contribution >= 0.6 is 0 Å². The molecule has 0 heterocycles. The third-order valence-electron chi connectivity index (χ3n) is 12.3. The minimum Gasteiger partial charge on any atom is -0.462 e. The van der Waals surface area contributed by atoms with Crippen molar-refractivity contribution < 1.29 is 28.6 Å². The number of allylic oxidation sites excluding steroid dienone is 2. The number of hydrogen-bond donors (Lipinski definition) is 0. The lowest BCUT2D eigenvalue weighted by atomic mass is 10.0. The summed E-state index contributed by atoms with van der Waals surface area (Å²) in [5, 5.41) is 0. The number of carbonyl (C=O) groups excluding carboxylic acids is 3. The highest BCUT2D eigenvalue weighted by Gasteiger charge is 2.19. The summed E-state index contributed by atoms with van der Waals surface area (Å²) in [6, 6.07) is 0. The van der Waals surface area contributed by atoms with Gasteiger partial charge in [0.05, 0.1) is 0 Å². The van der Waals surface area contributed by atoms with Gasteiger partial charge in [-0.25, -0.2) is 0 Å². The van der Waals surface area contributed by atoms with Gasteiger partial charge in [-0.3, -0.25) is 14.4 Å². The summed E-state index contributed by atoms with van der Waals surface area (Å²) in [5.41, 5.74) is 0. The van der Waals surface area contributed by atoms with E-state index in [9.17, 15) is 14.4 Å². The fraction of sp³-hybridized carbons (Fsp3) is 0.909. The van der Waals surface area contributed by atoms with E-state index in [0.29, 0.717) is 19.3 Å². The van der Waals surface area contributed by atoms with Gasteiger partial charge in [-0.05, 0) is 44.9 Å². The molecule has 0 saturated heterocycles. The molecule has 0 fully saturated rings. The minimum absolute atomic E-state index is 0.0689. The molecule has 0 aliphatic rings. The van der Waals surface area contributed by atoms with E-state index < -0.39 is 6.10 Å². The number of unbranched alkanes of at least 4 members (excludes halogenated alkanes) is 37. The van der Waals surface area contributed by atoms with Crippen molar-refractivity contribution in [2.45, 2.75) is 309 Å². The van der Waals surface area contributed by atoms with Crippen LogP contribution in [0, 0.1) is 0 Å². The van der Waals surface area contributed by atoms with Gasteiger partial charge >= 0.3 is 17.9 Å². The molecule has 61 heavy (non-hydrogen) atoms. The van der Waals surface area contributed by atoms with Crippen LogP contribution in [0.25, 0.3) is 0 Å². The van der Waals surface area contributed by atoms with E-state index >= 15 is 0 Å². The Balaban J connectivity index is 4.33. The predicted molar refractivity (Wildman–Crippen MR) is 261 cm³/mol. The van der Waals surface area contributed by atoms with E-state index in [-0.39, 0.29) is 31.1 Å². The number of ether oxygens (including phenoxy) is 3. The zero-order valence-electron chi connectivity index (χ0n) is 41.2. The molecule has 0 N–H and O–H groups in total. The Morgan fingerprint density at radius 3 is 0.836 bits per heavy atom. The van der Waals surface area contributed by atoms with Gasteiger partial charge in [-0.2, -0.15) is 0 Å². The van der Waals surface area contributed by atoms with Crippen LogP contribution in [0.15, 0.2) is 12.2 Å². The molecule has 0 aromatic carbocycles. The van der Waals surface area contributed by atoms with E-state index in [1.807, 2.05) is 0 Å². The van der Waals surface area contributed by atoms with Gasteiger partial charge in [0.1, 0.15) is 13.2 Å². The highest BCUT2D eigenvalue weighted by molar-refractivity contribution is 5.71. The lowest BCUT2D eigenvalue weighted by Gasteiger charge is -2.18. The van der Waals surface area contributed by atoms with Crippen LogP contribution in [0.4, 0.5) is 0 Å². The van der Waals surface area contributed by atoms with Crippen LogP contribution in [-0.4, -0.2) is 37.2 Å². The highest BCUT2D eigenvalue weighted by atomic mass is 16.6. The summed E-state index contributed by atoms with van der Waals surface area (Å²) >= 11 is 0. The first-order valence-electron chi connectivity index (χ1n) is 27.2. The SMILES string of the molecule is CCCCCCCC/C=C\CCCCCC(=O)OCC(COC(=O)CCCCCCCCCCCCCCCCC)OC(=O)CCCCCCCCCCCCCCCCC. The Kier molecular flexibility index (Phi) is 49.3. The van der Waals surface area contributed by atoms with Crippen LogP contribution < -0.4 is 0 Å². The molecular formula is C55H104O6. The molecule has 1 unspecified atom stereocenters. The van der Waals surface area contributed by atoms with Gasteiger partial charge in [0.15, 0.2) is 6.10 Å². The topological polar surface area (TPSA) is 78.9 Å². The molecular weight excluding hydrogens is 757 g/mol. The maximum absolute atomic E-state index is 12.8. The van der Waals surface area contributed by atoms with Crippen molar-refractivity contribution in [3.63, 3.8) is 0 Å². The van der Waals surface area contributed by atoms with Crippen molar-refractivity contribution in [1.82, 2.24) is 0 Å². The quantitative estimate of drug-likeness (QED) is 0.0262. The number of hydrogen-bond acceptors (Lipinski definition) is 6. The van der Waals surface area contributed by atoms with Gasteiger partial charge in [0, 0.05) is 19.3 Å². The molecule has 0 aliphatic heterocycles. The Labute approximate surface area is 380 Å². The van der Waals surface area contributed by atoms with E-state index in [4.69, 9.17) is 14.2 Å². The number of esters is 3. The second-order valence-electron chi connectivity index (χ2n) is 18.5. The van der Waals surface area contributed by atoms with Gasteiger partial charge in [-0.15, -0.1) is 0 Å². The largest absolute Gasteiger partial charge is 0.462 e. The molecule has 0 bridgehead atoms. The Morgan fingerprint density at radius 2 is 0.541 bits per heavy atom. The Hall–Kier alpha value is -1.85. The third kappa shape index (κ3) is 49.0. The molecule has 1 atom stereocenters. The average Bonchev–Trinajstić information content (AvgIpc) is 3.26. The van der Waals surface area contributed by atoms with E-state index in [1.54, 1.807) is 0 Å². The first kappa shape index (κ1) is 59.1. The first-order chi connectivity index (χ1) is 30.0. The van der Waals surface area contributed by atoms with Crippen LogP contribution in [0.3, 0.4) is 0 Å². The van der Waals surface area contributed by atoms with Crippen molar-refractivity contribution in [3.8, 4) is 0 Å². The monoisotopic (exact) mass is 861 g/mol. The second-order valence-corrected chi connectivity index (χ2v) is 18.5. The van der Waals surface area contributed by atoms with Crippen molar-refractivity contribution in [2.24, 2.45) is 0 Å².